The van der Waals surface area contributed by atoms with Gasteiger partial charge in [0.1, 0.15) is 18.2 Å². The molecule has 10 nitrogen and oxygen atoms in total. The molecule has 0 unspecified atom stereocenters. The average molecular weight is 420 g/mol. The summed E-state index contributed by atoms with van der Waals surface area (Å²) >= 11 is 0. The van der Waals surface area contributed by atoms with Gasteiger partial charge in [0.05, 0.1) is 39.6 Å². The SMILES string of the molecule is COC(=O)C1=C(C(=O)OC)N(c2cccc(OCC(=O)N3CCOCC3)c2)COC1. The summed E-state index contributed by atoms with van der Waals surface area (Å²) in [7, 11) is 2.46. The summed E-state index contributed by atoms with van der Waals surface area (Å²) in [6.07, 6.45) is 0. The molecule has 0 aliphatic carbocycles. The summed E-state index contributed by atoms with van der Waals surface area (Å²) in [5.41, 5.74) is 0.634. The summed E-state index contributed by atoms with van der Waals surface area (Å²) in [4.78, 5) is 39.9. The van der Waals surface area contributed by atoms with E-state index >= 15 is 0 Å². The number of hydrogen-bond donors (Lipinski definition) is 0. The fraction of sp³-hybridized carbons (Fsp3) is 0.450. The van der Waals surface area contributed by atoms with Crippen LogP contribution in [0.2, 0.25) is 0 Å². The van der Waals surface area contributed by atoms with Crippen LogP contribution in [0.4, 0.5) is 5.69 Å². The number of benzene rings is 1. The second-order valence-corrected chi connectivity index (χ2v) is 6.50. The van der Waals surface area contributed by atoms with Gasteiger partial charge >= 0.3 is 11.9 Å². The number of esters is 2. The Labute approximate surface area is 173 Å². The van der Waals surface area contributed by atoms with Crippen LogP contribution in [0.15, 0.2) is 35.5 Å². The maximum Gasteiger partial charge on any atom is 0.355 e. The maximum absolute atomic E-state index is 12.4. The number of morpholine rings is 1. The van der Waals surface area contributed by atoms with E-state index in [0.717, 1.165) is 0 Å². The van der Waals surface area contributed by atoms with Gasteiger partial charge in [0.15, 0.2) is 6.61 Å². The second-order valence-electron chi connectivity index (χ2n) is 6.50. The van der Waals surface area contributed by atoms with Crippen molar-refractivity contribution in [3.63, 3.8) is 0 Å². The van der Waals surface area contributed by atoms with Crippen molar-refractivity contribution in [2.45, 2.75) is 0 Å². The van der Waals surface area contributed by atoms with Gasteiger partial charge in [0.2, 0.25) is 0 Å². The lowest BCUT2D eigenvalue weighted by atomic mass is 10.1. The van der Waals surface area contributed by atoms with Crippen LogP contribution in [0.1, 0.15) is 0 Å². The Balaban J connectivity index is 1.78. The highest BCUT2D eigenvalue weighted by atomic mass is 16.5. The normalized spacial score (nSPS) is 16.9. The van der Waals surface area contributed by atoms with Crippen LogP contribution in [0.25, 0.3) is 0 Å². The second kappa shape index (κ2) is 10.1. The minimum Gasteiger partial charge on any atom is -0.484 e. The molecule has 1 saturated heterocycles. The number of ether oxygens (including phenoxy) is 5. The van der Waals surface area contributed by atoms with Crippen molar-refractivity contribution >= 4 is 23.5 Å². The number of carbonyl (C=O) groups excluding carboxylic acids is 3. The quantitative estimate of drug-likeness (QED) is 0.602. The highest BCUT2D eigenvalue weighted by Gasteiger charge is 2.32. The third kappa shape index (κ3) is 4.89. The molecule has 1 fully saturated rings. The Morgan fingerprint density at radius 1 is 1.03 bits per heavy atom. The van der Waals surface area contributed by atoms with Gasteiger partial charge in [-0.3, -0.25) is 4.79 Å². The van der Waals surface area contributed by atoms with Crippen LogP contribution >= 0.6 is 0 Å². The van der Waals surface area contributed by atoms with Gasteiger partial charge < -0.3 is 33.5 Å². The fourth-order valence-electron chi connectivity index (χ4n) is 3.14. The lowest BCUT2D eigenvalue weighted by molar-refractivity contribution is -0.140. The van der Waals surface area contributed by atoms with Crippen LogP contribution in [0.3, 0.4) is 0 Å². The van der Waals surface area contributed by atoms with E-state index in [-0.39, 0.29) is 37.1 Å². The molecular weight excluding hydrogens is 396 g/mol. The van der Waals surface area contributed by atoms with Crippen LogP contribution in [0.5, 0.6) is 5.75 Å². The van der Waals surface area contributed by atoms with Crippen molar-refractivity contribution in [2.24, 2.45) is 0 Å². The number of rotatable bonds is 6. The molecule has 0 atom stereocenters. The largest absolute Gasteiger partial charge is 0.484 e. The Hall–Kier alpha value is -3.11. The highest BCUT2D eigenvalue weighted by Crippen LogP contribution is 2.29. The fourth-order valence-corrected chi connectivity index (χ4v) is 3.14. The minimum atomic E-state index is -0.687. The predicted molar refractivity (Wildman–Crippen MR) is 104 cm³/mol. The van der Waals surface area contributed by atoms with Crippen molar-refractivity contribution in [3.05, 3.63) is 35.5 Å². The van der Waals surface area contributed by atoms with E-state index in [1.54, 1.807) is 29.2 Å². The summed E-state index contributed by atoms with van der Waals surface area (Å²) in [6.45, 7) is 1.95. The summed E-state index contributed by atoms with van der Waals surface area (Å²) in [5, 5.41) is 0. The van der Waals surface area contributed by atoms with E-state index in [2.05, 4.69) is 0 Å². The number of carbonyl (C=O) groups is 3. The molecule has 3 rings (SSSR count). The first-order chi connectivity index (χ1) is 14.5. The van der Waals surface area contributed by atoms with Crippen molar-refractivity contribution < 1.29 is 38.1 Å². The topological polar surface area (TPSA) is 104 Å². The number of nitrogens with zero attached hydrogens (tertiary/aromatic N) is 2. The minimum absolute atomic E-state index is 0.0289. The maximum atomic E-state index is 12.4. The highest BCUT2D eigenvalue weighted by molar-refractivity contribution is 6.03. The molecule has 162 valence electrons. The van der Waals surface area contributed by atoms with Crippen LogP contribution < -0.4 is 9.64 Å². The van der Waals surface area contributed by atoms with Crippen LogP contribution in [0, 0.1) is 0 Å². The van der Waals surface area contributed by atoms with E-state index in [1.807, 2.05) is 0 Å². The van der Waals surface area contributed by atoms with Gasteiger partial charge in [-0.05, 0) is 12.1 Å². The first kappa shape index (κ1) is 21.6. The molecule has 30 heavy (non-hydrogen) atoms. The van der Waals surface area contributed by atoms with Gasteiger partial charge in [0.25, 0.3) is 5.91 Å². The standard InChI is InChI=1S/C20H24N2O8/c1-26-19(24)16-11-29-13-22(18(16)20(25)27-2)14-4-3-5-15(10-14)30-12-17(23)21-6-8-28-9-7-21/h3-5,10H,6-9,11-13H2,1-2H3. The zero-order chi connectivity index (χ0) is 21.5. The zero-order valence-electron chi connectivity index (χ0n) is 16.9. The van der Waals surface area contributed by atoms with Gasteiger partial charge in [-0.1, -0.05) is 6.07 Å². The van der Waals surface area contributed by atoms with Crippen molar-refractivity contribution in [2.75, 3.05) is 65.4 Å². The molecule has 0 spiro atoms. The lowest BCUT2D eigenvalue weighted by Gasteiger charge is -2.31. The third-order valence-electron chi connectivity index (χ3n) is 4.69. The molecule has 0 saturated carbocycles. The predicted octanol–water partition coefficient (Wildman–Crippen LogP) is 0.318. The Morgan fingerprint density at radius 3 is 2.47 bits per heavy atom. The number of amides is 1. The molecule has 0 aromatic heterocycles. The number of hydrogen-bond acceptors (Lipinski definition) is 9. The molecule has 1 amide bonds. The first-order valence-corrected chi connectivity index (χ1v) is 9.38. The number of anilines is 1. The molecule has 2 heterocycles. The summed E-state index contributed by atoms with van der Waals surface area (Å²) < 4.78 is 26.0. The Bertz CT molecular complexity index is 832. The Kier molecular flexibility index (Phi) is 7.26. The van der Waals surface area contributed by atoms with Gasteiger partial charge in [-0.2, -0.15) is 0 Å². The molecule has 0 bridgehead atoms. The van der Waals surface area contributed by atoms with Crippen molar-refractivity contribution in [1.29, 1.82) is 0 Å². The van der Waals surface area contributed by atoms with Crippen LogP contribution in [-0.4, -0.2) is 83.2 Å². The first-order valence-electron chi connectivity index (χ1n) is 9.38. The van der Waals surface area contributed by atoms with E-state index < -0.39 is 11.9 Å². The molecule has 2 aliphatic rings. The van der Waals surface area contributed by atoms with Crippen molar-refractivity contribution in [3.8, 4) is 5.75 Å². The number of methoxy groups -OCH3 is 2. The van der Waals surface area contributed by atoms with E-state index in [1.165, 1.54) is 19.1 Å². The van der Waals surface area contributed by atoms with E-state index in [9.17, 15) is 14.4 Å². The van der Waals surface area contributed by atoms with Gasteiger partial charge in [0, 0.05) is 24.8 Å². The molecular formula is C20H24N2O8. The van der Waals surface area contributed by atoms with Crippen LogP contribution in [-0.2, 0) is 33.3 Å². The van der Waals surface area contributed by atoms with E-state index in [4.69, 9.17) is 23.7 Å². The summed E-state index contributed by atoms with van der Waals surface area (Å²) in [5.74, 6) is -1.06. The summed E-state index contributed by atoms with van der Waals surface area (Å²) in [6, 6.07) is 6.79. The molecule has 0 radical (unpaired) electrons. The Morgan fingerprint density at radius 2 is 1.77 bits per heavy atom. The molecule has 1 aromatic carbocycles. The van der Waals surface area contributed by atoms with Gasteiger partial charge in [-0.15, -0.1) is 0 Å². The van der Waals surface area contributed by atoms with Gasteiger partial charge in [-0.25, -0.2) is 9.59 Å². The molecule has 2 aliphatic heterocycles. The lowest BCUT2D eigenvalue weighted by Crippen LogP contribution is -2.43. The van der Waals surface area contributed by atoms with Crippen molar-refractivity contribution in [1.82, 2.24) is 4.90 Å². The monoisotopic (exact) mass is 420 g/mol. The molecule has 10 heteroatoms. The zero-order valence-corrected chi connectivity index (χ0v) is 16.9. The average Bonchev–Trinajstić information content (AvgIpc) is 2.81. The third-order valence-corrected chi connectivity index (χ3v) is 4.69. The molecule has 0 N–H and O–H groups in total. The smallest absolute Gasteiger partial charge is 0.355 e. The molecule has 1 aromatic rings. The van der Waals surface area contributed by atoms with E-state index in [0.29, 0.717) is 37.7 Å².